The van der Waals surface area contributed by atoms with Crippen molar-refractivity contribution in [1.29, 1.82) is 0 Å². The molecule has 0 unspecified atom stereocenters. The molecule has 0 aliphatic heterocycles. The largest absolute Gasteiger partial charge is 0.207 e. The average Bonchev–Trinajstić information content (AvgIpc) is 2.20. The van der Waals surface area contributed by atoms with Gasteiger partial charge in [-0.05, 0) is 30.7 Å². The summed E-state index contributed by atoms with van der Waals surface area (Å²) in [6.07, 6.45) is 3.06. The zero-order chi connectivity index (χ0) is 11.1. The first-order valence-corrected chi connectivity index (χ1v) is 6.40. The standard InChI is InChI=1S/C11H13ClF2S/c12-6-2-1-3-7-15-11-5-4-9(13)8-10(11)14/h4-5,8H,1-3,6-7H2. The smallest absolute Gasteiger partial charge is 0.139 e. The summed E-state index contributed by atoms with van der Waals surface area (Å²) in [5, 5.41) is 0. The second-order valence-electron chi connectivity index (χ2n) is 3.17. The van der Waals surface area contributed by atoms with E-state index in [1.807, 2.05) is 0 Å². The van der Waals surface area contributed by atoms with Gasteiger partial charge < -0.3 is 0 Å². The van der Waals surface area contributed by atoms with Crippen molar-refractivity contribution in [2.45, 2.75) is 24.2 Å². The number of rotatable bonds is 6. The third-order valence-electron chi connectivity index (χ3n) is 1.93. The van der Waals surface area contributed by atoms with Gasteiger partial charge in [0, 0.05) is 16.8 Å². The second-order valence-corrected chi connectivity index (χ2v) is 4.69. The lowest BCUT2D eigenvalue weighted by molar-refractivity contribution is 0.565. The molecule has 0 aromatic heterocycles. The Bertz CT molecular complexity index is 305. The molecule has 0 amide bonds. The molecule has 0 spiro atoms. The topological polar surface area (TPSA) is 0 Å². The van der Waals surface area contributed by atoms with Crippen LogP contribution in [0.3, 0.4) is 0 Å². The van der Waals surface area contributed by atoms with Crippen molar-refractivity contribution in [3.8, 4) is 0 Å². The van der Waals surface area contributed by atoms with Gasteiger partial charge in [0.05, 0.1) is 0 Å². The van der Waals surface area contributed by atoms with Gasteiger partial charge >= 0.3 is 0 Å². The molecular formula is C11H13ClF2S. The minimum Gasteiger partial charge on any atom is -0.207 e. The summed E-state index contributed by atoms with van der Waals surface area (Å²) in [5.74, 6) is 0.519. The van der Waals surface area contributed by atoms with Gasteiger partial charge in [-0.2, -0.15) is 0 Å². The Hall–Kier alpha value is -0.280. The maximum atomic E-state index is 13.1. The number of unbranched alkanes of at least 4 members (excludes halogenated alkanes) is 2. The highest BCUT2D eigenvalue weighted by molar-refractivity contribution is 7.99. The fourth-order valence-corrected chi connectivity index (χ4v) is 2.27. The third kappa shape index (κ3) is 4.85. The van der Waals surface area contributed by atoms with E-state index in [2.05, 4.69) is 0 Å². The molecule has 0 N–H and O–H groups in total. The zero-order valence-electron chi connectivity index (χ0n) is 8.31. The lowest BCUT2D eigenvalue weighted by Crippen LogP contribution is -1.86. The van der Waals surface area contributed by atoms with Crippen LogP contribution in [0, 0.1) is 11.6 Å². The minimum atomic E-state index is -0.529. The first kappa shape index (κ1) is 12.8. The fourth-order valence-electron chi connectivity index (χ4n) is 1.15. The first-order chi connectivity index (χ1) is 7.24. The molecule has 0 heterocycles. The maximum absolute atomic E-state index is 13.1. The predicted octanol–water partition coefficient (Wildman–Crippen LogP) is 4.47. The van der Waals surface area contributed by atoms with Gasteiger partial charge in [0.2, 0.25) is 0 Å². The van der Waals surface area contributed by atoms with E-state index in [1.165, 1.54) is 23.9 Å². The summed E-state index contributed by atoms with van der Waals surface area (Å²) < 4.78 is 25.7. The molecule has 0 atom stereocenters. The van der Waals surface area contributed by atoms with Crippen molar-refractivity contribution in [2.75, 3.05) is 11.6 Å². The number of halogens is 3. The van der Waals surface area contributed by atoms with Crippen LogP contribution in [-0.4, -0.2) is 11.6 Å². The van der Waals surface area contributed by atoms with E-state index in [9.17, 15) is 8.78 Å². The van der Waals surface area contributed by atoms with Crippen LogP contribution in [0.2, 0.25) is 0 Å². The second kappa shape index (κ2) is 7.07. The van der Waals surface area contributed by atoms with Crippen LogP contribution >= 0.6 is 23.4 Å². The Balaban J connectivity index is 2.31. The molecule has 1 rings (SSSR count). The van der Waals surface area contributed by atoms with Crippen molar-refractivity contribution >= 4 is 23.4 Å². The fraction of sp³-hybridized carbons (Fsp3) is 0.455. The summed E-state index contributed by atoms with van der Waals surface area (Å²) >= 11 is 6.95. The van der Waals surface area contributed by atoms with E-state index in [4.69, 9.17) is 11.6 Å². The Morgan fingerprint density at radius 1 is 1.13 bits per heavy atom. The Morgan fingerprint density at radius 2 is 1.93 bits per heavy atom. The normalized spacial score (nSPS) is 10.6. The van der Waals surface area contributed by atoms with Crippen LogP contribution in [0.5, 0.6) is 0 Å². The molecular weight excluding hydrogens is 238 g/mol. The van der Waals surface area contributed by atoms with Crippen LogP contribution in [0.25, 0.3) is 0 Å². The molecule has 0 aliphatic rings. The van der Waals surface area contributed by atoms with E-state index in [1.54, 1.807) is 0 Å². The SMILES string of the molecule is Fc1ccc(SCCCCCCl)c(F)c1. The monoisotopic (exact) mass is 250 g/mol. The van der Waals surface area contributed by atoms with E-state index >= 15 is 0 Å². The van der Waals surface area contributed by atoms with E-state index in [0.717, 1.165) is 31.1 Å². The van der Waals surface area contributed by atoms with Crippen molar-refractivity contribution in [2.24, 2.45) is 0 Å². The highest BCUT2D eigenvalue weighted by Gasteiger charge is 2.03. The first-order valence-electron chi connectivity index (χ1n) is 4.88. The number of benzene rings is 1. The van der Waals surface area contributed by atoms with E-state index in [-0.39, 0.29) is 0 Å². The summed E-state index contributed by atoms with van der Waals surface area (Å²) in [7, 11) is 0. The number of hydrogen-bond donors (Lipinski definition) is 0. The van der Waals surface area contributed by atoms with Crippen molar-refractivity contribution in [3.05, 3.63) is 29.8 Å². The average molecular weight is 251 g/mol. The molecule has 0 nitrogen and oxygen atoms in total. The van der Waals surface area contributed by atoms with Crippen molar-refractivity contribution in [1.82, 2.24) is 0 Å². The molecule has 84 valence electrons. The third-order valence-corrected chi connectivity index (χ3v) is 3.33. The molecule has 0 radical (unpaired) electrons. The highest BCUT2D eigenvalue weighted by Crippen LogP contribution is 2.23. The van der Waals surface area contributed by atoms with Crippen LogP contribution in [0.4, 0.5) is 8.78 Å². The Kier molecular flexibility index (Phi) is 6.03. The number of alkyl halides is 1. The number of hydrogen-bond acceptors (Lipinski definition) is 1. The summed E-state index contributed by atoms with van der Waals surface area (Å²) in [5.41, 5.74) is 0. The zero-order valence-corrected chi connectivity index (χ0v) is 9.88. The lowest BCUT2D eigenvalue weighted by atomic mass is 10.3. The lowest BCUT2D eigenvalue weighted by Gasteiger charge is -2.02. The number of thioether (sulfide) groups is 1. The molecule has 0 aliphatic carbocycles. The van der Waals surface area contributed by atoms with Crippen LogP contribution in [0.1, 0.15) is 19.3 Å². The molecule has 0 bridgehead atoms. The van der Waals surface area contributed by atoms with Crippen LogP contribution < -0.4 is 0 Å². The van der Waals surface area contributed by atoms with Gasteiger partial charge in [0.15, 0.2) is 0 Å². The molecule has 0 saturated carbocycles. The predicted molar refractivity (Wildman–Crippen MR) is 61.7 cm³/mol. The molecule has 1 aromatic rings. The molecule has 0 saturated heterocycles. The summed E-state index contributed by atoms with van der Waals surface area (Å²) in [4.78, 5) is 0.516. The van der Waals surface area contributed by atoms with Crippen LogP contribution in [-0.2, 0) is 0 Å². The van der Waals surface area contributed by atoms with Gasteiger partial charge in [-0.1, -0.05) is 6.42 Å². The van der Waals surface area contributed by atoms with Gasteiger partial charge in [-0.25, -0.2) is 8.78 Å². The molecule has 0 fully saturated rings. The van der Waals surface area contributed by atoms with Gasteiger partial charge in [0.1, 0.15) is 11.6 Å². The maximum Gasteiger partial charge on any atom is 0.139 e. The summed E-state index contributed by atoms with van der Waals surface area (Å²) in [6, 6.07) is 3.68. The summed E-state index contributed by atoms with van der Waals surface area (Å²) in [6.45, 7) is 0. The minimum absolute atomic E-state index is 0.475. The van der Waals surface area contributed by atoms with E-state index < -0.39 is 11.6 Å². The van der Waals surface area contributed by atoms with E-state index in [0.29, 0.717) is 10.8 Å². The quantitative estimate of drug-likeness (QED) is 0.408. The Morgan fingerprint density at radius 3 is 2.60 bits per heavy atom. The molecule has 4 heteroatoms. The van der Waals surface area contributed by atoms with Crippen molar-refractivity contribution in [3.63, 3.8) is 0 Å². The van der Waals surface area contributed by atoms with Crippen LogP contribution in [0.15, 0.2) is 23.1 Å². The van der Waals surface area contributed by atoms with Gasteiger partial charge in [-0.3, -0.25) is 0 Å². The highest BCUT2D eigenvalue weighted by atomic mass is 35.5. The van der Waals surface area contributed by atoms with Gasteiger partial charge in [-0.15, -0.1) is 23.4 Å². The van der Waals surface area contributed by atoms with Crippen molar-refractivity contribution < 1.29 is 8.78 Å². The molecule has 15 heavy (non-hydrogen) atoms. The van der Waals surface area contributed by atoms with Gasteiger partial charge in [0.25, 0.3) is 0 Å². The Labute approximate surface area is 98.0 Å². The molecule has 1 aromatic carbocycles.